The number of carbonyl (C=O) groups excluding carboxylic acids is 1. The number of fused-ring (bicyclic) bond motifs is 2. The Hall–Kier alpha value is -2.66. The smallest absolute Gasteiger partial charge is 0.196 e. The molecule has 0 amide bonds. The second kappa shape index (κ2) is 7.53. The van der Waals surface area contributed by atoms with Crippen LogP contribution in [0.15, 0.2) is 36.4 Å². The molecule has 0 bridgehead atoms. The van der Waals surface area contributed by atoms with Crippen molar-refractivity contribution in [3.63, 3.8) is 0 Å². The maximum atomic E-state index is 13.3. The SMILES string of the molecule is CCCCCCNc1ccc2c3c(nn2CCO)-c2ccccc2C(=O)c13. The Kier molecular flexibility index (Phi) is 4.94. The van der Waals surface area contributed by atoms with Gasteiger partial charge in [0.1, 0.15) is 5.69 Å². The summed E-state index contributed by atoms with van der Waals surface area (Å²) in [6.07, 6.45) is 4.72. The van der Waals surface area contributed by atoms with Crippen LogP contribution in [-0.4, -0.2) is 33.8 Å². The third kappa shape index (κ3) is 3.02. The number of hydrogen-bond donors (Lipinski definition) is 2. The summed E-state index contributed by atoms with van der Waals surface area (Å²) < 4.78 is 1.80. The number of ketones is 1. The Bertz CT molecular complexity index is 991. The van der Waals surface area contributed by atoms with Crippen LogP contribution in [0.5, 0.6) is 0 Å². The predicted octanol–water partition coefficient (Wildman–Crippen LogP) is 4.23. The van der Waals surface area contributed by atoms with Gasteiger partial charge in [0.05, 0.1) is 24.2 Å². The van der Waals surface area contributed by atoms with E-state index in [2.05, 4.69) is 12.2 Å². The Morgan fingerprint density at radius 3 is 2.67 bits per heavy atom. The summed E-state index contributed by atoms with van der Waals surface area (Å²) in [5.74, 6) is 0.0447. The van der Waals surface area contributed by atoms with E-state index in [1.54, 1.807) is 4.68 Å². The number of carbonyl (C=O) groups is 1. The highest BCUT2D eigenvalue weighted by atomic mass is 16.3. The Morgan fingerprint density at radius 2 is 1.89 bits per heavy atom. The van der Waals surface area contributed by atoms with Gasteiger partial charge in [-0.05, 0) is 18.6 Å². The number of benzene rings is 2. The zero-order chi connectivity index (χ0) is 18.8. The molecule has 0 saturated carbocycles. The number of hydrogen-bond acceptors (Lipinski definition) is 4. The lowest BCUT2D eigenvalue weighted by Gasteiger charge is -2.18. The lowest BCUT2D eigenvalue weighted by molar-refractivity contribution is 0.104. The number of nitrogens with one attached hydrogen (secondary N) is 1. The van der Waals surface area contributed by atoms with Crippen LogP contribution in [0.1, 0.15) is 48.5 Å². The van der Waals surface area contributed by atoms with Crippen molar-refractivity contribution in [1.82, 2.24) is 9.78 Å². The highest BCUT2D eigenvalue weighted by Crippen LogP contribution is 2.41. The first-order valence-corrected chi connectivity index (χ1v) is 9.78. The Balaban J connectivity index is 1.81. The number of aliphatic hydroxyl groups is 1. The summed E-state index contributed by atoms with van der Waals surface area (Å²) in [5.41, 5.74) is 4.88. The monoisotopic (exact) mass is 363 g/mol. The second-order valence-electron chi connectivity index (χ2n) is 7.04. The zero-order valence-corrected chi connectivity index (χ0v) is 15.7. The standard InChI is InChI=1S/C22H25N3O2/c1-2-3-4-7-12-23-17-10-11-18-20-19(17)22(27)16-9-6-5-8-15(16)21(20)24-25(18)13-14-26/h5-6,8-11,23,26H,2-4,7,12-14H2,1H3. The molecule has 140 valence electrons. The molecule has 0 unspecified atom stereocenters. The van der Waals surface area contributed by atoms with E-state index in [-0.39, 0.29) is 12.4 Å². The third-order valence-corrected chi connectivity index (χ3v) is 5.23. The number of aliphatic hydroxyl groups excluding tert-OH is 1. The van der Waals surface area contributed by atoms with E-state index in [9.17, 15) is 9.90 Å². The summed E-state index contributed by atoms with van der Waals surface area (Å²) >= 11 is 0. The third-order valence-electron chi connectivity index (χ3n) is 5.23. The van der Waals surface area contributed by atoms with Crippen LogP contribution in [-0.2, 0) is 6.54 Å². The molecule has 1 aromatic heterocycles. The van der Waals surface area contributed by atoms with E-state index < -0.39 is 0 Å². The fourth-order valence-electron chi connectivity index (χ4n) is 3.91. The van der Waals surface area contributed by atoms with Crippen molar-refractivity contribution < 1.29 is 9.90 Å². The van der Waals surface area contributed by atoms with Gasteiger partial charge < -0.3 is 10.4 Å². The molecule has 0 radical (unpaired) electrons. The Labute approximate surface area is 159 Å². The molecule has 1 aliphatic rings. The molecule has 1 heterocycles. The molecule has 0 spiro atoms. The number of unbranched alkanes of at least 4 members (excludes halogenated alkanes) is 3. The van der Waals surface area contributed by atoms with Crippen molar-refractivity contribution in [2.75, 3.05) is 18.5 Å². The molecule has 0 fully saturated rings. The fraction of sp³-hybridized carbons (Fsp3) is 0.364. The van der Waals surface area contributed by atoms with Crippen LogP contribution in [0, 0.1) is 0 Å². The van der Waals surface area contributed by atoms with E-state index in [4.69, 9.17) is 5.10 Å². The quantitative estimate of drug-likeness (QED) is 0.460. The minimum Gasteiger partial charge on any atom is -0.394 e. The first-order valence-electron chi connectivity index (χ1n) is 9.78. The minimum atomic E-state index is 0.0125. The zero-order valence-electron chi connectivity index (χ0n) is 15.7. The highest BCUT2D eigenvalue weighted by Gasteiger charge is 2.30. The number of anilines is 1. The molecule has 2 aromatic carbocycles. The maximum absolute atomic E-state index is 13.3. The van der Waals surface area contributed by atoms with E-state index in [1.165, 1.54) is 19.3 Å². The van der Waals surface area contributed by atoms with Crippen molar-refractivity contribution in [2.24, 2.45) is 0 Å². The summed E-state index contributed by atoms with van der Waals surface area (Å²) in [4.78, 5) is 13.3. The van der Waals surface area contributed by atoms with Gasteiger partial charge in [-0.15, -0.1) is 0 Å². The molecule has 0 saturated heterocycles. The summed E-state index contributed by atoms with van der Waals surface area (Å²) in [6.45, 7) is 3.48. The van der Waals surface area contributed by atoms with Crippen molar-refractivity contribution in [1.29, 1.82) is 0 Å². The minimum absolute atomic E-state index is 0.0125. The van der Waals surface area contributed by atoms with Gasteiger partial charge in [0.15, 0.2) is 5.78 Å². The van der Waals surface area contributed by atoms with Crippen LogP contribution in [0.2, 0.25) is 0 Å². The molecule has 0 atom stereocenters. The topological polar surface area (TPSA) is 67.2 Å². The van der Waals surface area contributed by atoms with E-state index in [0.717, 1.165) is 40.8 Å². The van der Waals surface area contributed by atoms with Crippen LogP contribution < -0.4 is 5.32 Å². The molecule has 5 heteroatoms. The van der Waals surface area contributed by atoms with Gasteiger partial charge in [0.2, 0.25) is 0 Å². The van der Waals surface area contributed by atoms with Crippen LogP contribution in [0.25, 0.3) is 22.2 Å². The van der Waals surface area contributed by atoms with Crippen molar-refractivity contribution in [2.45, 2.75) is 39.2 Å². The largest absolute Gasteiger partial charge is 0.394 e. The summed E-state index contributed by atoms with van der Waals surface area (Å²) in [5, 5.41) is 18.5. The number of nitrogens with zero attached hydrogens (tertiary/aromatic N) is 2. The molecule has 0 aliphatic heterocycles. The van der Waals surface area contributed by atoms with Crippen molar-refractivity contribution in [3.05, 3.63) is 47.5 Å². The molecule has 2 N–H and O–H groups in total. The average molecular weight is 363 g/mol. The van der Waals surface area contributed by atoms with Crippen molar-refractivity contribution in [3.8, 4) is 11.3 Å². The first-order chi connectivity index (χ1) is 13.3. The maximum Gasteiger partial charge on any atom is 0.196 e. The van der Waals surface area contributed by atoms with Gasteiger partial charge in [0.25, 0.3) is 0 Å². The van der Waals surface area contributed by atoms with Crippen LogP contribution >= 0.6 is 0 Å². The molecule has 27 heavy (non-hydrogen) atoms. The van der Waals surface area contributed by atoms with Gasteiger partial charge in [-0.25, -0.2) is 0 Å². The lowest BCUT2D eigenvalue weighted by atomic mass is 9.86. The molecule has 3 aromatic rings. The molecule has 1 aliphatic carbocycles. The normalized spacial score (nSPS) is 12.4. The summed E-state index contributed by atoms with van der Waals surface area (Å²) in [6, 6.07) is 11.6. The van der Waals surface area contributed by atoms with E-state index in [0.29, 0.717) is 17.7 Å². The first kappa shape index (κ1) is 17.7. The van der Waals surface area contributed by atoms with E-state index >= 15 is 0 Å². The molecular formula is C22H25N3O2. The Morgan fingerprint density at radius 1 is 1.07 bits per heavy atom. The predicted molar refractivity (Wildman–Crippen MR) is 108 cm³/mol. The number of aromatic nitrogens is 2. The van der Waals surface area contributed by atoms with Gasteiger partial charge in [-0.1, -0.05) is 50.5 Å². The lowest BCUT2D eigenvalue weighted by Crippen LogP contribution is -2.13. The van der Waals surface area contributed by atoms with Crippen LogP contribution in [0.4, 0.5) is 5.69 Å². The van der Waals surface area contributed by atoms with Gasteiger partial charge in [-0.2, -0.15) is 5.10 Å². The second-order valence-corrected chi connectivity index (χ2v) is 7.04. The molecular weight excluding hydrogens is 338 g/mol. The van der Waals surface area contributed by atoms with Gasteiger partial charge >= 0.3 is 0 Å². The van der Waals surface area contributed by atoms with Gasteiger partial charge in [0, 0.05) is 28.7 Å². The van der Waals surface area contributed by atoms with E-state index in [1.807, 2.05) is 36.4 Å². The fourth-order valence-corrected chi connectivity index (χ4v) is 3.91. The van der Waals surface area contributed by atoms with Crippen LogP contribution in [0.3, 0.4) is 0 Å². The molecule has 4 rings (SSSR count). The number of rotatable bonds is 8. The highest BCUT2D eigenvalue weighted by molar-refractivity contribution is 6.27. The summed E-state index contributed by atoms with van der Waals surface area (Å²) in [7, 11) is 0. The van der Waals surface area contributed by atoms with Crippen molar-refractivity contribution >= 4 is 22.4 Å². The molecule has 5 nitrogen and oxygen atoms in total. The van der Waals surface area contributed by atoms with Gasteiger partial charge in [-0.3, -0.25) is 9.48 Å². The average Bonchev–Trinajstić information content (AvgIpc) is 3.06.